The molecule has 0 aliphatic heterocycles. The Balaban J connectivity index is 1.98. The smallest absolute Gasteiger partial charge is 0.324 e. The third kappa shape index (κ3) is 3.08. The van der Waals surface area contributed by atoms with Crippen LogP contribution in [0.1, 0.15) is 13.8 Å². The summed E-state index contributed by atoms with van der Waals surface area (Å²) >= 11 is 1.04. The van der Waals surface area contributed by atoms with E-state index in [1.165, 1.54) is 6.07 Å². The summed E-state index contributed by atoms with van der Waals surface area (Å²) in [7, 11) is 0. The fourth-order valence-corrected chi connectivity index (χ4v) is 2.87. The van der Waals surface area contributed by atoms with Crippen LogP contribution in [0.2, 0.25) is 0 Å². The van der Waals surface area contributed by atoms with E-state index >= 15 is 0 Å². The fraction of sp³-hybridized carbons (Fsp3) is 0.286. The van der Waals surface area contributed by atoms with Crippen molar-refractivity contribution in [3.63, 3.8) is 0 Å². The summed E-state index contributed by atoms with van der Waals surface area (Å²) in [6.45, 7) is 5.82. The van der Waals surface area contributed by atoms with Crippen LogP contribution >= 0.6 is 11.3 Å². The molecule has 24 heavy (non-hydrogen) atoms. The number of nitro groups is 1. The third-order valence-corrected chi connectivity index (χ3v) is 4.44. The minimum Gasteiger partial charge on any atom is -0.363 e. The molecule has 3 heterocycles. The Hall–Kier alpha value is -2.88. The van der Waals surface area contributed by atoms with Gasteiger partial charge in [0.2, 0.25) is 0 Å². The molecule has 0 saturated heterocycles. The molecule has 10 heteroatoms. The Labute approximate surface area is 141 Å². The molecule has 0 spiro atoms. The molecule has 0 fully saturated rings. The lowest BCUT2D eigenvalue weighted by atomic mass is 10.4. The Morgan fingerprint density at radius 1 is 1.29 bits per heavy atom. The molecule has 0 radical (unpaired) electrons. The normalized spacial score (nSPS) is 11.4. The van der Waals surface area contributed by atoms with Crippen LogP contribution in [0.15, 0.2) is 29.3 Å². The quantitative estimate of drug-likeness (QED) is 0.295. The molecule has 0 aromatic carbocycles. The highest BCUT2D eigenvalue weighted by Crippen LogP contribution is 2.31. The van der Waals surface area contributed by atoms with Gasteiger partial charge in [0.25, 0.3) is 0 Å². The van der Waals surface area contributed by atoms with Gasteiger partial charge in [0.15, 0.2) is 17.3 Å². The molecule has 0 N–H and O–H groups in total. The summed E-state index contributed by atoms with van der Waals surface area (Å²) in [5.74, 6) is 0.976. The van der Waals surface area contributed by atoms with Crippen molar-refractivity contribution in [1.82, 2.24) is 24.7 Å². The maximum atomic E-state index is 10.8. The van der Waals surface area contributed by atoms with E-state index in [1.54, 1.807) is 29.1 Å². The first-order valence-electron chi connectivity index (χ1n) is 7.37. The summed E-state index contributed by atoms with van der Waals surface area (Å²) in [4.78, 5) is 17.4. The van der Waals surface area contributed by atoms with E-state index in [-0.39, 0.29) is 5.00 Å². The highest BCUT2D eigenvalue weighted by Gasteiger charge is 2.16. The van der Waals surface area contributed by atoms with Crippen LogP contribution in [0, 0.1) is 10.1 Å². The summed E-state index contributed by atoms with van der Waals surface area (Å²) in [5, 5.41) is 23.4. The molecular formula is C14H15N7O2S. The predicted molar refractivity (Wildman–Crippen MR) is 91.8 cm³/mol. The first-order valence-corrected chi connectivity index (χ1v) is 8.19. The van der Waals surface area contributed by atoms with Crippen LogP contribution < -0.4 is 0 Å². The Kier molecular flexibility index (Phi) is 4.47. The Morgan fingerprint density at radius 2 is 2.08 bits per heavy atom. The topological polar surface area (TPSA) is 102 Å². The number of thiophene rings is 1. The number of aromatic nitrogens is 4. The van der Waals surface area contributed by atoms with Crippen LogP contribution in [0.5, 0.6) is 0 Å². The zero-order valence-electron chi connectivity index (χ0n) is 13.2. The van der Waals surface area contributed by atoms with Crippen molar-refractivity contribution in [2.45, 2.75) is 13.8 Å². The predicted octanol–water partition coefficient (Wildman–Crippen LogP) is 2.76. The zero-order valence-corrected chi connectivity index (χ0v) is 14.0. The van der Waals surface area contributed by atoms with Crippen LogP contribution in [-0.2, 0) is 0 Å². The van der Waals surface area contributed by atoms with E-state index in [9.17, 15) is 10.1 Å². The number of rotatable bonds is 6. The first kappa shape index (κ1) is 16.0. The van der Waals surface area contributed by atoms with Gasteiger partial charge in [-0.05, 0) is 32.0 Å². The van der Waals surface area contributed by atoms with Crippen molar-refractivity contribution in [3.05, 3.63) is 34.4 Å². The zero-order chi connectivity index (χ0) is 17.1. The van der Waals surface area contributed by atoms with Gasteiger partial charge in [-0.25, -0.2) is 4.99 Å². The first-order chi connectivity index (χ1) is 11.6. The summed E-state index contributed by atoms with van der Waals surface area (Å²) in [6, 6.07) is 6.61. The second kappa shape index (κ2) is 6.71. The monoisotopic (exact) mass is 345 g/mol. The standard InChI is InChI=1S/C14H15N7O2S/c1-3-19(4-2)9-15-11-6-7-12-16-17-14(20(12)18-11)10-5-8-13(24-10)21(22)23/h5-9H,3-4H2,1-2H3. The van der Waals surface area contributed by atoms with Crippen molar-refractivity contribution >= 4 is 34.1 Å². The minimum atomic E-state index is -0.426. The van der Waals surface area contributed by atoms with Gasteiger partial charge in [-0.1, -0.05) is 11.3 Å². The van der Waals surface area contributed by atoms with Crippen molar-refractivity contribution in [1.29, 1.82) is 0 Å². The molecule has 0 aliphatic rings. The van der Waals surface area contributed by atoms with Crippen LogP contribution in [0.4, 0.5) is 10.8 Å². The molecule has 3 aromatic heterocycles. The number of nitrogens with zero attached hydrogens (tertiary/aromatic N) is 7. The molecule has 0 atom stereocenters. The van der Waals surface area contributed by atoms with Crippen molar-refractivity contribution in [2.24, 2.45) is 4.99 Å². The van der Waals surface area contributed by atoms with Crippen molar-refractivity contribution < 1.29 is 4.92 Å². The fourth-order valence-electron chi connectivity index (χ4n) is 2.08. The van der Waals surface area contributed by atoms with Gasteiger partial charge in [-0.3, -0.25) is 10.1 Å². The van der Waals surface area contributed by atoms with Crippen LogP contribution in [0.25, 0.3) is 16.3 Å². The molecule has 0 aliphatic carbocycles. The molecule has 9 nitrogen and oxygen atoms in total. The number of hydrogen-bond donors (Lipinski definition) is 0. The highest BCUT2D eigenvalue weighted by atomic mass is 32.1. The van der Waals surface area contributed by atoms with E-state index < -0.39 is 4.92 Å². The van der Waals surface area contributed by atoms with Crippen LogP contribution in [0.3, 0.4) is 0 Å². The number of hydrogen-bond acceptors (Lipinski definition) is 7. The van der Waals surface area contributed by atoms with Gasteiger partial charge in [-0.2, -0.15) is 4.52 Å². The molecular weight excluding hydrogens is 330 g/mol. The van der Waals surface area contributed by atoms with E-state index in [2.05, 4.69) is 20.3 Å². The van der Waals surface area contributed by atoms with E-state index in [0.29, 0.717) is 22.2 Å². The summed E-state index contributed by atoms with van der Waals surface area (Å²) in [5.41, 5.74) is 0.558. The highest BCUT2D eigenvalue weighted by molar-refractivity contribution is 7.18. The molecule has 124 valence electrons. The van der Waals surface area contributed by atoms with Crippen molar-refractivity contribution in [3.8, 4) is 10.7 Å². The molecule has 0 amide bonds. The number of fused-ring (bicyclic) bond motifs is 1. The average Bonchev–Trinajstić information content (AvgIpc) is 3.22. The van der Waals surface area contributed by atoms with Crippen LogP contribution in [-0.4, -0.2) is 49.1 Å². The second-order valence-corrected chi connectivity index (χ2v) is 5.91. The molecule has 0 saturated carbocycles. The van der Waals surface area contributed by atoms with Gasteiger partial charge >= 0.3 is 5.00 Å². The van der Waals surface area contributed by atoms with Gasteiger partial charge in [0, 0.05) is 19.2 Å². The second-order valence-electron chi connectivity index (χ2n) is 4.85. The van der Waals surface area contributed by atoms with Gasteiger partial charge in [-0.15, -0.1) is 15.3 Å². The van der Waals surface area contributed by atoms with Gasteiger partial charge in [0.05, 0.1) is 16.1 Å². The van der Waals surface area contributed by atoms with Crippen molar-refractivity contribution in [2.75, 3.05) is 13.1 Å². The molecule has 3 aromatic rings. The maximum Gasteiger partial charge on any atom is 0.324 e. The summed E-state index contributed by atoms with van der Waals surface area (Å²) < 4.78 is 1.55. The lowest BCUT2D eigenvalue weighted by Crippen LogP contribution is -2.20. The van der Waals surface area contributed by atoms with Gasteiger partial charge < -0.3 is 4.90 Å². The minimum absolute atomic E-state index is 0.0532. The third-order valence-electron chi connectivity index (χ3n) is 3.41. The SMILES string of the molecule is CCN(C=Nc1ccc2nnc(-c3ccc([N+](=O)[O-])s3)n2n1)CC. The lowest BCUT2D eigenvalue weighted by molar-refractivity contribution is -0.380. The van der Waals surface area contributed by atoms with E-state index in [0.717, 1.165) is 24.4 Å². The van der Waals surface area contributed by atoms with E-state index in [1.807, 2.05) is 18.7 Å². The molecule has 0 bridgehead atoms. The molecule has 0 unspecified atom stereocenters. The average molecular weight is 345 g/mol. The molecule has 3 rings (SSSR count). The lowest BCUT2D eigenvalue weighted by Gasteiger charge is -2.12. The maximum absolute atomic E-state index is 10.8. The number of aliphatic imine (C=N–C) groups is 1. The summed E-state index contributed by atoms with van der Waals surface area (Å²) in [6.07, 6.45) is 1.74. The Morgan fingerprint density at radius 3 is 2.75 bits per heavy atom. The Bertz CT molecular complexity index is 898. The largest absolute Gasteiger partial charge is 0.363 e. The van der Waals surface area contributed by atoms with Gasteiger partial charge in [0.1, 0.15) is 0 Å². The van der Waals surface area contributed by atoms with E-state index in [4.69, 9.17) is 0 Å².